The molecule has 2 N–H and O–H groups in total. The van der Waals surface area contributed by atoms with Crippen molar-refractivity contribution in [3.05, 3.63) is 94.1 Å². The molecule has 1 saturated heterocycles. The van der Waals surface area contributed by atoms with Crippen molar-refractivity contribution < 1.29 is 33.8 Å². The zero-order valence-electron chi connectivity index (χ0n) is 20.4. The number of imide groups is 2. The Hall–Kier alpha value is -4.92. The number of barbiturate groups is 1. The minimum absolute atomic E-state index is 0.00704. The molecule has 4 amide bonds. The predicted octanol–water partition coefficient (Wildman–Crippen LogP) is 4.26. The number of amides is 4. The van der Waals surface area contributed by atoms with Crippen molar-refractivity contribution in [1.29, 1.82) is 0 Å². The van der Waals surface area contributed by atoms with Crippen LogP contribution in [0.15, 0.2) is 66.2 Å². The van der Waals surface area contributed by atoms with Crippen LogP contribution < -0.4 is 19.7 Å². The normalized spacial score (nSPS) is 14.5. The molecule has 0 radical (unpaired) electrons. The van der Waals surface area contributed by atoms with E-state index in [-0.39, 0.29) is 16.8 Å². The minimum atomic E-state index is -1.15. The van der Waals surface area contributed by atoms with E-state index in [4.69, 9.17) is 14.6 Å². The molecule has 9 heteroatoms. The highest BCUT2D eigenvalue weighted by Gasteiger charge is 2.36. The molecule has 0 aliphatic carbocycles. The molecule has 3 aromatic carbocycles. The van der Waals surface area contributed by atoms with E-state index in [1.165, 1.54) is 37.5 Å². The zero-order valence-corrected chi connectivity index (χ0v) is 20.4. The number of carboxylic acid groups (broad SMARTS) is 1. The molecular weight excluding hydrogens is 476 g/mol. The fourth-order valence-electron chi connectivity index (χ4n) is 4.02. The maximum absolute atomic E-state index is 13.1. The van der Waals surface area contributed by atoms with E-state index >= 15 is 0 Å². The molecule has 0 unspecified atom stereocenters. The van der Waals surface area contributed by atoms with Gasteiger partial charge in [-0.1, -0.05) is 35.4 Å². The Bertz CT molecular complexity index is 1420. The first-order chi connectivity index (χ1) is 17.7. The van der Waals surface area contributed by atoms with Crippen molar-refractivity contribution in [2.75, 3.05) is 12.0 Å². The van der Waals surface area contributed by atoms with Crippen molar-refractivity contribution in [3.8, 4) is 11.5 Å². The number of carboxylic acids is 1. The highest BCUT2D eigenvalue weighted by molar-refractivity contribution is 6.39. The largest absolute Gasteiger partial charge is 0.493 e. The van der Waals surface area contributed by atoms with Gasteiger partial charge in [-0.15, -0.1) is 0 Å². The summed E-state index contributed by atoms with van der Waals surface area (Å²) in [5.41, 5.74) is 3.60. The Balaban J connectivity index is 1.58. The van der Waals surface area contributed by atoms with Crippen LogP contribution in [0.3, 0.4) is 0 Å². The van der Waals surface area contributed by atoms with Crippen molar-refractivity contribution in [2.24, 2.45) is 0 Å². The molecule has 0 spiro atoms. The van der Waals surface area contributed by atoms with Crippen molar-refractivity contribution >= 4 is 35.6 Å². The molecule has 0 bridgehead atoms. The molecule has 188 valence electrons. The van der Waals surface area contributed by atoms with Gasteiger partial charge in [0.05, 0.1) is 18.4 Å². The molecule has 4 rings (SSSR count). The van der Waals surface area contributed by atoms with Crippen LogP contribution in [0.4, 0.5) is 10.5 Å². The fourth-order valence-corrected chi connectivity index (χ4v) is 4.02. The number of nitrogens with zero attached hydrogens (tertiary/aromatic N) is 1. The number of hydrogen-bond donors (Lipinski definition) is 2. The number of nitrogens with one attached hydrogen (secondary N) is 1. The number of aromatic carboxylic acids is 1. The van der Waals surface area contributed by atoms with Crippen molar-refractivity contribution in [3.63, 3.8) is 0 Å². The van der Waals surface area contributed by atoms with E-state index < -0.39 is 23.8 Å². The highest BCUT2D eigenvalue weighted by Crippen LogP contribution is 2.31. The highest BCUT2D eigenvalue weighted by atomic mass is 16.5. The summed E-state index contributed by atoms with van der Waals surface area (Å²) in [5.74, 6) is -1.95. The summed E-state index contributed by atoms with van der Waals surface area (Å²) in [4.78, 5) is 49.9. The first-order valence-corrected chi connectivity index (χ1v) is 11.3. The fraction of sp³-hybridized carbons (Fsp3) is 0.143. The lowest BCUT2D eigenvalue weighted by Crippen LogP contribution is -2.54. The Morgan fingerprint density at radius 1 is 0.946 bits per heavy atom. The van der Waals surface area contributed by atoms with Gasteiger partial charge < -0.3 is 14.6 Å². The van der Waals surface area contributed by atoms with Crippen LogP contribution in [0.5, 0.6) is 11.5 Å². The molecule has 37 heavy (non-hydrogen) atoms. The van der Waals surface area contributed by atoms with Crippen molar-refractivity contribution in [2.45, 2.75) is 20.5 Å². The molecular formula is C28H24N2O7. The quantitative estimate of drug-likeness (QED) is 0.367. The lowest BCUT2D eigenvalue weighted by atomic mass is 10.1. The number of ether oxygens (including phenoxy) is 2. The first-order valence-electron chi connectivity index (χ1n) is 11.3. The second-order valence-corrected chi connectivity index (χ2v) is 8.50. The molecule has 0 atom stereocenters. The van der Waals surface area contributed by atoms with Gasteiger partial charge in [-0.25, -0.2) is 14.5 Å². The number of carbonyl (C=O) groups excluding carboxylic acids is 3. The Morgan fingerprint density at radius 3 is 2.24 bits per heavy atom. The number of anilines is 1. The third-order valence-electron chi connectivity index (χ3n) is 5.65. The Kier molecular flexibility index (Phi) is 7.06. The van der Waals surface area contributed by atoms with E-state index in [1.54, 1.807) is 18.2 Å². The zero-order chi connectivity index (χ0) is 26.7. The number of benzene rings is 3. The van der Waals surface area contributed by atoms with E-state index in [0.717, 1.165) is 21.6 Å². The van der Waals surface area contributed by atoms with Gasteiger partial charge in [-0.2, -0.15) is 0 Å². The lowest BCUT2D eigenvalue weighted by molar-refractivity contribution is -0.122. The van der Waals surface area contributed by atoms with Crippen LogP contribution in [-0.2, 0) is 16.2 Å². The van der Waals surface area contributed by atoms with E-state index in [9.17, 15) is 19.2 Å². The molecule has 1 aliphatic heterocycles. The second-order valence-electron chi connectivity index (χ2n) is 8.50. The maximum atomic E-state index is 13.1. The van der Waals surface area contributed by atoms with Gasteiger partial charge in [0.1, 0.15) is 12.2 Å². The van der Waals surface area contributed by atoms with Crippen molar-refractivity contribution in [1.82, 2.24) is 5.32 Å². The average Bonchev–Trinajstić information content (AvgIpc) is 2.85. The number of hydrogen-bond acceptors (Lipinski definition) is 6. The van der Waals surface area contributed by atoms with Crippen LogP contribution in [0.25, 0.3) is 6.08 Å². The van der Waals surface area contributed by atoms with E-state index in [0.29, 0.717) is 23.7 Å². The summed E-state index contributed by atoms with van der Waals surface area (Å²) < 4.78 is 11.4. The number of rotatable bonds is 7. The number of aryl methyl sites for hydroxylation is 2. The van der Waals surface area contributed by atoms with E-state index in [2.05, 4.69) is 11.4 Å². The summed E-state index contributed by atoms with van der Waals surface area (Å²) in [5, 5.41) is 11.2. The minimum Gasteiger partial charge on any atom is -0.493 e. The van der Waals surface area contributed by atoms with Crippen LogP contribution in [0.2, 0.25) is 0 Å². The first kappa shape index (κ1) is 25.2. The van der Waals surface area contributed by atoms with Crippen LogP contribution in [0, 0.1) is 13.8 Å². The second kappa shape index (κ2) is 10.4. The molecule has 0 aromatic heterocycles. The van der Waals surface area contributed by atoms with Gasteiger partial charge in [0.15, 0.2) is 11.5 Å². The Morgan fingerprint density at radius 2 is 1.62 bits per heavy atom. The molecule has 9 nitrogen and oxygen atoms in total. The number of methoxy groups -OCH3 is 1. The third kappa shape index (κ3) is 5.51. The van der Waals surface area contributed by atoms with Crippen LogP contribution in [0.1, 0.15) is 32.6 Å². The molecule has 1 heterocycles. The Labute approximate surface area is 212 Å². The van der Waals surface area contributed by atoms with Gasteiger partial charge in [0.25, 0.3) is 11.8 Å². The molecule has 1 fully saturated rings. The van der Waals surface area contributed by atoms with Gasteiger partial charge in [-0.05, 0) is 67.4 Å². The number of carbonyl (C=O) groups is 4. The molecule has 3 aromatic rings. The SMILES string of the molecule is COc1cc(/C=C2\C(=O)NC(=O)N(c3ccc(C(=O)O)cc3)C2=O)ccc1OCc1cc(C)cc(C)c1. The van der Waals surface area contributed by atoms with E-state index in [1.807, 2.05) is 26.0 Å². The van der Waals surface area contributed by atoms with Gasteiger partial charge in [-0.3, -0.25) is 14.9 Å². The molecule has 0 saturated carbocycles. The standard InChI is InChI=1S/C28H24N2O7/c1-16-10-17(2)12-19(11-16)15-37-23-9-4-18(14-24(23)36-3)13-22-25(31)29-28(35)30(26(22)32)21-7-5-20(6-8-21)27(33)34/h4-14H,15H2,1-3H3,(H,33,34)(H,29,31,35)/b22-13+. The average molecular weight is 501 g/mol. The summed E-state index contributed by atoms with van der Waals surface area (Å²) in [6, 6.07) is 15.3. The summed E-state index contributed by atoms with van der Waals surface area (Å²) in [6.45, 7) is 4.36. The van der Waals surface area contributed by atoms with Gasteiger partial charge in [0, 0.05) is 0 Å². The monoisotopic (exact) mass is 500 g/mol. The maximum Gasteiger partial charge on any atom is 0.335 e. The van der Waals surface area contributed by atoms with Crippen LogP contribution >= 0.6 is 0 Å². The lowest BCUT2D eigenvalue weighted by Gasteiger charge is -2.26. The van der Waals surface area contributed by atoms with Gasteiger partial charge in [0.2, 0.25) is 0 Å². The summed E-state index contributed by atoms with van der Waals surface area (Å²) in [7, 11) is 1.48. The topological polar surface area (TPSA) is 122 Å². The predicted molar refractivity (Wildman–Crippen MR) is 136 cm³/mol. The summed E-state index contributed by atoms with van der Waals surface area (Å²) in [6.07, 6.45) is 1.35. The third-order valence-corrected chi connectivity index (χ3v) is 5.65. The number of urea groups is 1. The van der Waals surface area contributed by atoms with Crippen LogP contribution in [-0.4, -0.2) is 36.0 Å². The molecule has 1 aliphatic rings. The van der Waals surface area contributed by atoms with Gasteiger partial charge >= 0.3 is 12.0 Å². The summed E-state index contributed by atoms with van der Waals surface area (Å²) >= 11 is 0. The smallest absolute Gasteiger partial charge is 0.335 e.